The number of carbonyl (C=O) groups is 2. The quantitative estimate of drug-likeness (QED) is 0.527. The minimum atomic E-state index is -0.781. The summed E-state index contributed by atoms with van der Waals surface area (Å²) in [7, 11) is 0. The first-order valence-electron chi connectivity index (χ1n) is 9.58. The predicted octanol–water partition coefficient (Wildman–Crippen LogP) is 5.90. The standard InChI is InChI=1S/C21H23Cl2NO4S/c1-4-15(28-16-10-12(22)8-9-14(16)23)19(25)24-20-18(21(26)27-11(2)3)13-6-5-7-17(13)29-20/h8-11,15H,4-7H2,1-3H3,(H,24,25). The van der Waals surface area contributed by atoms with E-state index in [0.717, 1.165) is 29.7 Å². The largest absolute Gasteiger partial charge is 0.479 e. The van der Waals surface area contributed by atoms with Crippen LogP contribution in [0.1, 0.15) is 54.4 Å². The topological polar surface area (TPSA) is 64.6 Å². The molecule has 1 heterocycles. The fourth-order valence-electron chi connectivity index (χ4n) is 3.22. The lowest BCUT2D eigenvalue weighted by Gasteiger charge is -2.18. The summed E-state index contributed by atoms with van der Waals surface area (Å²) in [5, 5.41) is 4.23. The smallest absolute Gasteiger partial charge is 0.341 e. The van der Waals surface area contributed by atoms with E-state index < -0.39 is 12.1 Å². The van der Waals surface area contributed by atoms with E-state index in [0.29, 0.717) is 32.8 Å². The van der Waals surface area contributed by atoms with Gasteiger partial charge in [0.2, 0.25) is 0 Å². The molecule has 0 spiro atoms. The van der Waals surface area contributed by atoms with E-state index in [1.54, 1.807) is 32.0 Å². The summed E-state index contributed by atoms with van der Waals surface area (Å²) in [5.41, 5.74) is 1.46. The van der Waals surface area contributed by atoms with Gasteiger partial charge in [0.15, 0.2) is 6.10 Å². The number of thiophene rings is 1. The van der Waals surface area contributed by atoms with Gasteiger partial charge in [-0.05, 0) is 57.2 Å². The van der Waals surface area contributed by atoms with Crippen LogP contribution in [0.5, 0.6) is 5.75 Å². The summed E-state index contributed by atoms with van der Waals surface area (Å²) in [6.45, 7) is 5.45. The Morgan fingerprint density at radius 2 is 2.00 bits per heavy atom. The number of nitrogens with one attached hydrogen (secondary N) is 1. The highest BCUT2D eigenvalue weighted by atomic mass is 35.5. The molecule has 1 aliphatic carbocycles. The van der Waals surface area contributed by atoms with Gasteiger partial charge >= 0.3 is 5.97 Å². The number of fused-ring (bicyclic) bond motifs is 1. The van der Waals surface area contributed by atoms with Crippen LogP contribution < -0.4 is 10.1 Å². The van der Waals surface area contributed by atoms with E-state index >= 15 is 0 Å². The van der Waals surface area contributed by atoms with Crippen LogP contribution >= 0.6 is 34.5 Å². The number of benzene rings is 1. The van der Waals surface area contributed by atoms with Crippen LogP contribution in [0.2, 0.25) is 10.0 Å². The molecule has 1 aromatic heterocycles. The van der Waals surface area contributed by atoms with Gasteiger partial charge in [-0.25, -0.2) is 4.79 Å². The molecule has 8 heteroatoms. The zero-order chi connectivity index (χ0) is 21.1. The number of amides is 1. The molecular formula is C21H23Cl2NO4S. The molecule has 3 rings (SSSR count). The molecule has 1 aromatic carbocycles. The lowest BCUT2D eigenvalue weighted by molar-refractivity contribution is -0.122. The number of anilines is 1. The van der Waals surface area contributed by atoms with Gasteiger partial charge in [0.1, 0.15) is 10.8 Å². The fourth-order valence-corrected chi connectivity index (χ4v) is 4.82. The van der Waals surface area contributed by atoms with E-state index in [4.69, 9.17) is 32.7 Å². The monoisotopic (exact) mass is 455 g/mol. The first-order valence-corrected chi connectivity index (χ1v) is 11.2. The van der Waals surface area contributed by atoms with E-state index in [1.165, 1.54) is 11.3 Å². The van der Waals surface area contributed by atoms with Crippen molar-refractivity contribution in [2.24, 2.45) is 0 Å². The summed E-state index contributed by atoms with van der Waals surface area (Å²) in [5.74, 6) is -0.405. The number of carbonyl (C=O) groups excluding carboxylic acids is 2. The maximum Gasteiger partial charge on any atom is 0.341 e. The summed E-state index contributed by atoms with van der Waals surface area (Å²) < 4.78 is 11.2. The van der Waals surface area contributed by atoms with Crippen LogP contribution in [0.4, 0.5) is 5.00 Å². The normalized spacial score (nSPS) is 13.9. The number of hydrogen-bond donors (Lipinski definition) is 1. The molecule has 0 aliphatic heterocycles. The second-order valence-corrected chi connectivity index (χ2v) is 9.04. The molecule has 0 fully saturated rings. The Bertz CT molecular complexity index is 926. The van der Waals surface area contributed by atoms with Gasteiger partial charge in [-0.15, -0.1) is 11.3 Å². The summed E-state index contributed by atoms with van der Waals surface area (Å²) in [6.07, 6.45) is 2.13. The molecule has 1 atom stereocenters. The average molecular weight is 456 g/mol. The molecule has 0 saturated heterocycles. The third kappa shape index (κ3) is 5.05. The van der Waals surface area contributed by atoms with Crippen LogP contribution in [-0.4, -0.2) is 24.1 Å². The summed E-state index contributed by atoms with van der Waals surface area (Å²) in [6, 6.07) is 4.84. The zero-order valence-electron chi connectivity index (χ0n) is 16.5. The van der Waals surface area contributed by atoms with Crippen molar-refractivity contribution in [3.63, 3.8) is 0 Å². The van der Waals surface area contributed by atoms with Gasteiger partial charge in [0.05, 0.1) is 16.7 Å². The summed E-state index contributed by atoms with van der Waals surface area (Å²) >= 11 is 13.6. The van der Waals surface area contributed by atoms with Gasteiger partial charge in [-0.1, -0.05) is 30.1 Å². The molecule has 5 nitrogen and oxygen atoms in total. The van der Waals surface area contributed by atoms with E-state index in [2.05, 4.69) is 5.32 Å². The Kier molecular flexibility index (Phi) is 7.09. The molecule has 1 unspecified atom stereocenters. The van der Waals surface area contributed by atoms with Crippen LogP contribution in [-0.2, 0) is 22.4 Å². The first-order chi connectivity index (χ1) is 13.8. The number of aryl methyl sites for hydroxylation is 1. The SMILES string of the molecule is CCC(Oc1cc(Cl)ccc1Cl)C(=O)Nc1sc2c(c1C(=O)OC(C)C)CCC2. The maximum atomic E-state index is 12.9. The summed E-state index contributed by atoms with van der Waals surface area (Å²) in [4.78, 5) is 26.7. The molecule has 1 amide bonds. The lowest BCUT2D eigenvalue weighted by Crippen LogP contribution is -2.32. The number of hydrogen-bond acceptors (Lipinski definition) is 5. The molecule has 29 heavy (non-hydrogen) atoms. The lowest BCUT2D eigenvalue weighted by atomic mass is 10.1. The predicted molar refractivity (Wildman–Crippen MR) is 117 cm³/mol. The third-order valence-corrected chi connectivity index (χ3v) is 6.29. The zero-order valence-corrected chi connectivity index (χ0v) is 18.8. The number of esters is 1. The second kappa shape index (κ2) is 9.37. The number of halogens is 2. The van der Waals surface area contributed by atoms with Crippen molar-refractivity contribution in [2.75, 3.05) is 5.32 Å². The molecule has 0 saturated carbocycles. The molecule has 0 radical (unpaired) electrons. The minimum absolute atomic E-state index is 0.236. The third-order valence-electron chi connectivity index (χ3n) is 4.53. The van der Waals surface area contributed by atoms with Crippen molar-refractivity contribution in [3.05, 3.63) is 44.2 Å². The van der Waals surface area contributed by atoms with E-state index in [9.17, 15) is 9.59 Å². The van der Waals surface area contributed by atoms with Gasteiger partial charge in [0, 0.05) is 16.0 Å². The Labute approximate surface area is 184 Å². The van der Waals surface area contributed by atoms with Crippen molar-refractivity contribution in [1.29, 1.82) is 0 Å². The van der Waals surface area contributed by atoms with Crippen LogP contribution in [0.25, 0.3) is 0 Å². The van der Waals surface area contributed by atoms with Crippen molar-refractivity contribution < 1.29 is 19.1 Å². The molecule has 1 N–H and O–H groups in total. The Morgan fingerprint density at radius 1 is 1.24 bits per heavy atom. The van der Waals surface area contributed by atoms with Crippen molar-refractivity contribution >= 4 is 51.4 Å². The first kappa shape index (κ1) is 21.9. The molecular weight excluding hydrogens is 433 g/mol. The Hall–Kier alpha value is -1.76. The van der Waals surface area contributed by atoms with Gasteiger partial charge in [-0.2, -0.15) is 0 Å². The van der Waals surface area contributed by atoms with Gasteiger partial charge < -0.3 is 14.8 Å². The number of ether oxygens (including phenoxy) is 2. The molecule has 2 aromatic rings. The highest BCUT2D eigenvalue weighted by molar-refractivity contribution is 7.17. The highest BCUT2D eigenvalue weighted by Gasteiger charge is 2.30. The Morgan fingerprint density at radius 3 is 2.69 bits per heavy atom. The fraction of sp³-hybridized carbons (Fsp3) is 0.429. The second-order valence-electron chi connectivity index (χ2n) is 7.09. The van der Waals surface area contributed by atoms with Crippen molar-refractivity contribution in [3.8, 4) is 5.75 Å². The van der Waals surface area contributed by atoms with E-state index in [1.807, 2.05) is 6.92 Å². The van der Waals surface area contributed by atoms with Crippen LogP contribution in [0.15, 0.2) is 18.2 Å². The highest BCUT2D eigenvalue weighted by Crippen LogP contribution is 2.40. The van der Waals surface area contributed by atoms with Gasteiger partial charge in [0.25, 0.3) is 5.91 Å². The number of rotatable bonds is 7. The van der Waals surface area contributed by atoms with Gasteiger partial charge in [-0.3, -0.25) is 4.79 Å². The molecule has 156 valence electrons. The minimum Gasteiger partial charge on any atom is -0.479 e. The Balaban J connectivity index is 1.82. The van der Waals surface area contributed by atoms with Crippen LogP contribution in [0.3, 0.4) is 0 Å². The molecule has 1 aliphatic rings. The molecule has 0 bridgehead atoms. The van der Waals surface area contributed by atoms with Crippen LogP contribution in [0, 0.1) is 0 Å². The maximum absolute atomic E-state index is 12.9. The van der Waals surface area contributed by atoms with Crippen molar-refractivity contribution in [1.82, 2.24) is 0 Å². The van der Waals surface area contributed by atoms with E-state index in [-0.39, 0.29) is 12.0 Å². The average Bonchev–Trinajstić information content (AvgIpc) is 3.22. The van der Waals surface area contributed by atoms with Crippen molar-refractivity contribution in [2.45, 2.75) is 58.7 Å².